The number of ether oxygens (including phenoxy) is 4. The fourth-order valence-electron chi connectivity index (χ4n) is 4.13. The largest absolute Gasteiger partial charge is 0.496 e. The van der Waals surface area contributed by atoms with E-state index in [0.29, 0.717) is 41.9 Å². The van der Waals surface area contributed by atoms with Gasteiger partial charge >= 0.3 is 5.97 Å². The first kappa shape index (κ1) is 17.8. The maximum absolute atomic E-state index is 12.9. The predicted molar refractivity (Wildman–Crippen MR) is 103 cm³/mol. The Hall–Kier alpha value is -3.28. The van der Waals surface area contributed by atoms with Crippen LogP contribution in [0.25, 0.3) is 5.57 Å². The first-order chi connectivity index (χ1) is 14.2. The van der Waals surface area contributed by atoms with E-state index in [-0.39, 0.29) is 30.7 Å². The van der Waals surface area contributed by atoms with E-state index in [2.05, 4.69) is 0 Å². The zero-order chi connectivity index (χ0) is 19.8. The normalized spacial score (nSPS) is 24.9. The monoisotopic (exact) mass is 392 g/mol. The number of Topliss-reactive ketones (excluding diaryl/α,β-unsaturated/α-hetero) is 1. The molecular weight excluding hydrogens is 372 g/mol. The van der Waals surface area contributed by atoms with Gasteiger partial charge in [0.1, 0.15) is 12.2 Å². The molecule has 3 unspecified atom stereocenters. The smallest absolute Gasteiger partial charge is 0.338 e. The van der Waals surface area contributed by atoms with E-state index < -0.39 is 5.97 Å². The van der Waals surface area contributed by atoms with Crippen LogP contribution in [0.1, 0.15) is 35.2 Å². The SMILES string of the molecule is O=C(OC1CCC2C(=O)C(c3ccccc3)=COC2C1)c1ccc2c(c1)OCO2. The number of benzene rings is 2. The summed E-state index contributed by atoms with van der Waals surface area (Å²) in [7, 11) is 0. The second-order valence-corrected chi connectivity index (χ2v) is 7.45. The molecule has 5 rings (SSSR count). The average molecular weight is 392 g/mol. The van der Waals surface area contributed by atoms with E-state index >= 15 is 0 Å². The summed E-state index contributed by atoms with van der Waals surface area (Å²) in [6.45, 7) is 0.156. The van der Waals surface area contributed by atoms with Crippen molar-refractivity contribution in [1.29, 1.82) is 0 Å². The van der Waals surface area contributed by atoms with Gasteiger partial charge in [-0.2, -0.15) is 0 Å². The van der Waals surface area contributed by atoms with Crippen molar-refractivity contribution in [3.05, 3.63) is 65.9 Å². The summed E-state index contributed by atoms with van der Waals surface area (Å²) in [5.74, 6) is 0.665. The number of ketones is 1. The van der Waals surface area contributed by atoms with Gasteiger partial charge in [-0.1, -0.05) is 30.3 Å². The summed E-state index contributed by atoms with van der Waals surface area (Å²) in [5, 5.41) is 0. The van der Waals surface area contributed by atoms with Crippen molar-refractivity contribution >= 4 is 17.3 Å². The number of hydrogen-bond acceptors (Lipinski definition) is 6. The Labute approximate surface area is 168 Å². The van der Waals surface area contributed by atoms with Crippen LogP contribution in [0.4, 0.5) is 0 Å². The number of carbonyl (C=O) groups excluding carboxylic acids is 2. The number of allylic oxidation sites excluding steroid dienone is 1. The lowest BCUT2D eigenvalue weighted by molar-refractivity contribution is -0.126. The zero-order valence-corrected chi connectivity index (χ0v) is 15.7. The Morgan fingerprint density at radius 1 is 1.00 bits per heavy atom. The van der Waals surface area contributed by atoms with Crippen LogP contribution in [0.5, 0.6) is 11.5 Å². The summed E-state index contributed by atoms with van der Waals surface area (Å²) >= 11 is 0. The zero-order valence-electron chi connectivity index (χ0n) is 15.7. The first-order valence-corrected chi connectivity index (χ1v) is 9.75. The van der Waals surface area contributed by atoms with Crippen molar-refractivity contribution in [2.45, 2.75) is 31.5 Å². The molecule has 0 amide bonds. The summed E-state index contributed by atoms with van der Waals surface area (Å²) in [6.07, 6.45) is 2.78. The third-order valence-electron chi connectivity index (χ3n) is 5.67. The molecule has 6 nitrogen and oxygen atoms in total. The molecule has 1 fully saturated rings. The summed E-state index contributed by atoms with van der Waals surface area (Å²) in [4.78, 5) is 25.5. The van der Waals surface area contributed by atoms with E-state index in [4.69, 9.17) is 18.9 Å². The lowest BCUT2D eigenvalue weighted by Crippen LogP contribution is -2.41. The molecule has 0 bridgehead atoms. The Kier molecular flexibility index (Phi) is 4.46. The minimum atomic E-state index is -0.408. The predicted octanol–water partition coefficient (Wildman–Crippen LogP) is 3.75. The minimum absolute atomic E-state index is 0.105. The van der Waals surface area contributed by atoms with Gasteiger partial charge in [-0.15, -0.1) is 0 Å². The van der Waals surface area contributed by atoms with Crippen LogP contribution in [-0.2, 0) is 14.3 Å². The fourth-order valence-corrected chi connectivity index (χ4v) is 4.13. The van der Waals surface area contributed by atoms with Crippen molar-refractivity contribution < 1.29 is 28.5 Å². The molecular formula is C23H20O6. The highest BCUT2D eigenvalue weighted by atomic mass is 16.7. The summed E-state index contributed by atoms with van der Waals surface area (Å²) in [6, 6.07) is 14.5. The van der Waals surface area contributed by atoms with Crippen LogP contribution in [0.3, 0.4) is 0 Å². The Balaban J connectivity index is 1.25. The molecule has 0 N–H and O–H groups in total. The summed E-state index contributed by atoms with van der Waals surface area (Å²) in [5.41, 5.74) is 1.90. The van der Waals surface area contributed by atoms with Crippen molar-refractivity contribution in [2.75, 3.05) is 6.79 Å². The van der Waals surface area contributed by atoms with Gasteiger partial charge in [0.05, 0.1) is 23.3 Å². The molecule has 3 aliphatic rings. The average Bonchev–Trinajstić information content (AvgIpc) is 3.22. The quantitative estimate of drug-likeness (QED) is 0.741. The number of hydrogen-bond donors (Lipinski definition) is 0. The van der Waals surface area contributed by atoms with E-state index in [0.717, 1.165) is 5.56 Å². The molecule has 0 radical (unpaired) electrons. The topological polar surface area (TPSA) is 71.1 Å². The minimum Gasteiger partial charge on any atom is -0.496 e. The second-order valence-electron chi connectivity index (χ2n) is 7.45. The van der Waals surface area contributed by atoms with Gasteiger partial charge in [0.25, 0.3) is 0 Å². The molecule has 3 atom stereocenters. The molecule has 148 valence electrons. The number of rotatable bonds is 3. The van der Waals surface area contributed by atoms with Gasteiger partial charge in [-0.25, -0.2) is 4.79 Å². The highest BCUT2D eigenvalue weighted by molar-refractivity contribution is 6.22. The molecule has 1 aliphatic carbocycles. The molecule has 29 heavy (non-hydrogen) atoms. The molecule has 0 spiro atoms. The van der Waals surface area contributed by atoms with Crippen LogP contribution in [-0.4, -0.2) is 30.8 Å². The van der Waals surface area contributed by atoms with Crippen molar-refractivity contribution in [2.24, 2.45) is 5.92 Å². The van der Waals surface area contributed by atoms with Crippen LogP contribution < -0.4 is 9.47 Å². The van der Waals surface area contributed by atoms with Crippen LogP contribution in [0.15, 0.2) is 54.8 Å². The highest BCUT2D eigenvalue weighted by Gasteiger charge is 2.41. The molecule has 0 saturated heterocycles. The van der Waals surface area contributed by atoms with E-state index in [1.54, 1.807) is 24.5 Å². The molecule has 6 heteroatoms. The van der Waals surface area contributed by atoms with Gasteiger partial charge in [0, 0.05) is 6.42 Å². The number of fused-ring (bicyclic) bond motifs is 2. The van der Waals surface area contributed by atoms with Gasteiger partial charge in [0.2, 0.25) is 6.79 Å². The Morgan fingerprint density at radius 3 is 2.69 bits per heavy atom. The number of esters is 1. The Bertz CT molecular complexity index is 980. The maximum Gasteiger partial charge on any atom is 0.338 e. The molecule has 2 aromatic rings. The number of carbonyl (C=O) groups is 2. The molecule has 2 heterocycles. The third-order valence-corrected chi connectivity index (χ3v) is 5.67. The first-order valence-electron chi connectivity index (χ1n) is 9.75. The molecule has 0 aromatic heterocycles. The maximum atomic E-state index is 12.9. The van der Waals surface area contributed by atoms with Crippen LogP contribution in [0, 0.1) is 5.92 Å². The van der Waals surface area contributed by atoms with Gasteiger partial charge in [0.15, 0.2) is 17.3 Å². The van der Waals surface area contributed by atoms with E-state index in [1.165, 1.54) is 0 Å². The lowest BCUT2D eigenvalue weighted by atomic mass is 9.78. The van der Waals surface area contributed by atoms with Gasteiger partial charge in [-0.05, 0) is 36.6 Å². The molecule has 2 aliphatic heterocycles. The van der Waals surface area contributed by atoms with Crippen molar-refractivity contribution in [3.8, 4) is 11.5 Å². The lowest BCUT2D eigenvalue weighted by Gasteiger charge is -2.37. The van der Waals surface area contributed by atoms with E-state index in [9.17, 15) is 9.59 Å². The molecule has 1 saturated carbocycles. The third kappa shape index (κ3) is 3.35. The highest BCUT2D eigenvalue weighted by Crippen LogP contribution is 2.38. The standard InChI is InChI=1S/C23H20O6/c24-22-17-8-7-16(11-20(17)26-12-18(22)14-4-2-1-3-5-14)29-23(25)15-6-9-19-21(10-15)28-13-27-19/h1-6,9-10,12,16-17,20H,7-8,11,13H2. The van der Waals surface area contributed by atoms with Gasteiger partial charge in [-0.3, -0.25) is 4.79 Å². The fraction of sp³-hybridized carbons (Fsp3) is 0.304. The van der Waals surface area contributed by atoms with Gasteiger partial charge < -0.3 is 18.9 Å². The van der Waals surface area contributed by atoms with E-state index in [1.807, 2.05) is 30.3 Å². The van der Waals surface area contributed by atoms with Crippen molar-refractivity contribution in [3.63, 3.8) is 0 Å². The molecule has 2 aromatic carbocycles. The van der Waals surface area contributed by atoms with Crippen molar-refractivity contribution in [1.82, 2.24) is 0 Å². The van der Waals surface area contributed by atoms with Crippen LogP contribution >= 0.6 is 0 Å². The Morgan fingerprint density at radius 2 is 1.83 bits per heavy atom. The van der Waals surface area contributed by atoms with Crippen LogP contribution in [0.2, 0.25) is 0 Å². The summed E-state index contributed by atoms with van der Waals surface area (Å²) < 4.78 is 22.2. The second kappa shape index (κ2) is 7.28.